The van der Waals surface area contributed by atoms with Crippen molar-refractivity contribution in [2.75, 3.05) is 5.33 Å². The Morgan fingerprint density at radius 3 is 2.88 bits per heavy atom. The lowest BCUT2D eigenvalue weighted by Gasteiger charge is -2.02. The summed E-state index contributed by atoms with van der Waals surface area (Å²) in [4.78, 5) is 28.5. The van der Waals surface area contributed by atoms with Gasteiger partial charge in [0.05, 0.1) is 10.9 Å². The number of alkyl halides is 1. The Morgan fingerprint density at radius 2 is 2.24 bits per heavy atom. The monoisotopic (exact) mass is 296 g/mol. The van der Waals surface area contributed by atoms with Crippen LogP contribution in [0, 0.1) is 0 Å². The summed E-state index contributed by atoms with van der Waals surface area (Å²) in [5.41, 5.74) is 0.970. The van der Waals surface area contributed by atoms with E-state index >= 15 is 0 Å². The summed E-state index contributed by atoms with van der Waals surface area (Å²) in [5.74, 6) is -1.58. The van der Waals surface area contributed by atoms with Crippen LogP contribution in [0.5, 0.6) is 0 Å². The molecule has 0 atom stereocenters. The Labute approximate surface area is 105 Å². The zero-order valence-electron chi connectivity index (χ0n) is 8.74. The van der Waals surface area contributed by atoms with E-state index < -0.39 is 11.5 Å². The number of carbonyl (C=O) groups is 1. The molecule has 2 rings (SSSR count). The lowest BCUT2D eigenvalue weighted by molar-refractivity contribution is 0.0683. The van der Waals surface area contributed by atoms with Crippen molar-refractivity contribution in [3.8, 4) is 0 Å². The topological polar surface area (TPSA) is 83.0 Å². The van der Waals surface area contributed by atoms with Gasteiger partial charge in [-0.2, -0.15) is 0 Å². The summed E-state index contributed by atoms with van der Waals surface area (Å²) in [6, 6.07) is 5.23. The lowest BCUT2D eigenvalue weighted by atomic mass is 10.1. The fourth-order valence-electron chi connectivity index (χ4n) is 1.55. The number of benzene rings is 1. The summed E-state index contributed by atoms with van der Waals surface area (Å²) in [7, 11) is 0. The maximum atomic E-state index is 11.7. The van der Waals surface area contributed by atoms with E-state index in [1.54, 1.807) is 12.1 Å². The van der Waals surface area contributed by atoms with Crippen molar-refractivity contribution in [3.05, 3.63) is 39.9 Å². The fourth-order valence-corrected chi connectivity index (χ4v) is 2.01. The van der Waals surface area contributed by atoms with Gasteiger partial charge in [0, 0.05) is 5.33 Å². The van der Waals surface area contributed by atoms with Gasteiger partial charge in [0.15, 0.2) is 0 Å². The maximum Gasteiger partial charge on any atom is 0.372 e. The van der Waals surface area contributed by atoms with Gasteiger partial charge in [0.25, 0.3) is 5.56 Å². The number of nitrogens with zero attached hydrogens (tertiary/aromatic N) is 1. The molecule has 1 heterocycles. The van der Waals surface area contributed by atoms with Gasteiger partial charge in [0.1, 0.15) is 0 Å². The number of aromatic nitrogens is 2. The van der Waals surface area contributed by atoms with Crippen molar-refractivity contribution < 1.29 is 9.90 Å². The number of H-pyrrole nitrogens is 1. The molecule has 1 aromatic carbocycles. The van der Waals surface area contributed by atoms with Crippen LogP contribution in [-0.4, -0.2) is 26.4 Å². The first-order valence-corrected chi connectivity index (χ1v) is 6.06. The third-order valence-electron chi connectivity index (χ3n) is 2.36. The summed E-state index contributed by atoms with van der Waals surface area (Å²) in [6.07, 6.45) is 0.802. The zero-order chi connectivity index (χ0) is 12.4. The largest absolute Gasteiger partial charge is 0.475 e. The molecule has 5 nitrogen and oxygen atoms in total. The predicted octanol–water partition coefficient (Wildman–Crippen LogP) is 1.56. The van der Waals surface area contributed by atoms with Crippen LogP contribution in [0.25, 0.3) is 10.9 Å². The van der Waals surface area contributed by atoms with E-state index in [-0.39, 0.29) is 5.82 Å². The van der Waals surface area contributed by atoms with E-state index in [2.05, 4.69) is 25.9 Å². The normalized spacial score (nSPS) is 10.6. The van der Waals surface area contributed by atoms with Gasteiger partial charge >= 0.3 is 5.97 Å². The van der Waals surface area contributed by atoms with E-state index in [0.29, 0.717) is 10.9 Å². The molecular formula is C11H9BrN2O3. The molecule has 0 amide bonds. The molecule has 0 saturated carbocycles. The number of hydrogen-bond donors (Lipinski definition) is 2. The summed E-state index contributed by atoms with van der Waals surface area (Å²) < 4.78 is 0. The highest BCUT2D eigenvalue weighted by molar-refractivity contribution is 9.09. The number of hydrogen-bond acceptors (Lipinski definition) is 3. The van der Waals surface area contributed by atoms with Crippen LogP contribution in [0.3, 0.4) is 0 Å². The van der Waals surface area contributed by atoms with Crippen molar-refractivity contribution in [2.24, 2.45) is 0 Å². The van der Waals surface area contributed by atoms with Crippen molar-refractivity contribution >= 4 is 32.8 Å². The SMILES string of the molecule is O=C(O)c1nc2ccc(CCBr)cc2c(=O)[nH]1. The molecule has 0 radical (unpaired) electrons. The molecular weight excluding hydrogens is 288 g/mol. The molecule has 2 aromatic rings. The van der Waals surface area contributed by atoms with Gasteiger partial charge in [-0.1, -0.05) is 22.0 Å². The van der Waals surface area contributed by atoms with Gasteiger partial charge in [-0.15, -0.1) is 0 Å². The average molecular weight is 297 g/mol. The Morgan fingerprint density at radius 1 is 1.47 bits per heavy atom. The first-order valence-electron chi connectivity index (χ1n) is 4.94. The number of aryl methyl sites for hydroxylation is 1. The number of halogens is 1. The van der Waals surface area contributed by atoms with Crippen LogP contribution in [-0.2, 0) is 6.42 Å². The molecule has 0 aliphatic carbocycles. The van der Waals surface area contributed by atoms with Crippen molar-refractivity contribution in [1.29, 1.82) is 0 Å². The quantitative estimate of drug-likeness (QED) is 0.842. The number of nitrogens with one attached hydrogen (secondary N) is 1. The van der Waals surface area contributed by atoms with Crippen LogP contribution in [0.4, 0.5) is 0 Å². The molecule has 0 bridgehead atoms. The van der Waals surface area contributed by atoms with E-state index in [0.717, 1.165) is 17.3 Å². The Balaban J connectivity index is 2.64. The molecule has 0 unspecified atom stereocenters. The minimum Gasteiger partial charge on any atom is -0.475 e. The second-order valence-electron chi connectivity index (χ2n) is 3.51. The molecule has 0 spiro atoms. The van der Waals surface area contributed by atoms with Crippen LogP contribution < -0.4 is 5.56 Å². The van der Waals surface area contributed by atoms with Gasteiger partial charge in [-0.25, -0.2) is 9.78 Å². The average Bonchev–Trinajstić information content (AvgIpc) is 2.30. The molecule has 0 aliphatic heterocycles. The van der Waals surface area contributed by atoms with E-state index in [1.165, 1.54) is 0 Å². The van der Waals surface area contributed by atoms with Crippen LogP contribution >= 0.6 is 15.9 Å². The highest BCUT2D eigenvalue weighted by Gasteiger charge is 2.09. The van der Waals surface area contributed by atoms with Crippen molar-refractivity contribution in [2.45, 2.75) is 6.42 Å². The van der Waals surface area contributed by atoms with E-state index in [4.69, 9.17) is 5.11 Å². The second kappa shape index (κ2) is 4.67. The Kier molecular flexibility index (Phi) is 3.23. The molecule has 0 aliphatic rings. The maximum absolute atomic E-state index is 11.7. The lowest BCUT2D eigenvalue weighted by Crippen LogP contribution is -2.15. The third kappa shape index (κ3) is 2.36. The Hall–Kier alpha value is -1.69. The first kappa shape index (κ1) is 11.8. The second-order valence-corrected chi connectivity index (χ2v) is 4.30. The summed E-state index contributed by atoms with van der Waals surface area (Å²) in [6.45, 7) is 0. The van der Waals surface area contributed by atoms with Crippen LogP contribution in [0.2, 0.25) is 0 Å². The standard InChI is InChI=1S/C11H9BrN2O3/c12-4-3-6-1-2-8-7(5-6)10(15)14-9(13-8)11(16)17/h1-2,5H,3-4H2,(H,16,17)(H,13,14,15). The molecule has 17 heavy (non-hydrogen) atoms. The molecule has 6 heteroatoms. The number of carboxylic acid groups (broad SMARTS) is 1. The number of rotatable bonds is 3. The third-order valence-corrected chi connectivity index (χ3v) is 2.75. The fraction of sp³-hybridized carbons (Fsp3) is 0.182. The summed E-state index contributed by atoms with van der Waals surface area (Å²) >= 11 is 3.32. The van der Waals surface area contributed by atoms with E-state index in [9.17, 15) is 9.59 Å². The van der Waals surface area contributed by atoms with E-state index in [1.807, 2.05) is 6.07 Å². The van der Waals surface area contributed by atoms with Gasteiger partial charge in [-0.3, -0.25) is 4.79 Å². The van der Waals surface area contributed by atoms with Crippen molar-refractivity contribution in [1.82, 2.24) is 9.97 Å². The highest BCUT2D eigenvalue weighted by atomic mass is 79.9. The van der Waals surface area contributed by atoms with Crippen LogP contribution in [0.15, 0.2) is 23.0 Å². The predicted molar refractivity (Wildman–Crippen MR) is 66.8 cm³/mol. The Bertz CT molecular complexity index is 636. The van der Waals surface area contributed by atoms with Gasteiger partial charge < -0.3 is 10.1 Å². The molecule has 88 valence electrons. The minimum absolute atomic E-state index is 0.337. The molecule has 2 N–H and O–H groups in total. The number of aromatic carboxylic acids is 1. The van der Waals surface area contributed by atoms with Gasteiger partial charge in [0.2, 0.25) is 5.82 Å². The number of carboxylic acids is 1. The minimum atomic E-state index is -1.24. The zero-order valence-corrected chi connectivity index (χ0v) is 10.3. The number of aromatic amines is 1. The highest BCUT2D eigenvalue weighted by Crippen LogP contribution is 2.11. The van der Waals surface area contributed by atoms with Crippen molar-refractivity contribution in [3.63, 3.8) is 0 Å². The summed E-state index contributed by atoms with van der Waals surface area (Å²) in [5, 5.41) is 9.98. The number of fused-ring (bicyclic) bond motifs is 1. The smallest absolute Gasteiger partial charge is 0.372 e. The van der Waals surface area contributed by atoms with Gasteiger partial charge in [-0.05, 0) is 24.1 Å². The molecule has 1 aromatic heterocycles. The molecule has 0 fully saturated rings. The first-order chi connectivity index (χ1) is 8.11. The van der Waals surface area contributed by atoms with Crippen LogP contribution in [0.1, 0.15) is 16.2 Å². The molecule has 0 saturated heterocycles.